The first-order valence-corrected chi connectivity index (χ1v) is 8.33. The first kappa shape index (κ1) is 15.1. The van der Waals surface area contributed by atoms with Gasteiger partial charge in [-0.05, 0) is 34.3 Å². The molecule has 4 nitrogen and oxygen atoms in total. The molecule has 0 atom stereocenters. The fourth-order valence-corrected chi connectivity index (χ4v) is 3.00. The number of pyridine rings is 1. The molecule has 1 aromatic carbocycles. The average Bonchev–Trinajstić information content (AvgIpc) is 2.99. The summed E-state index contributed by atoms with van der Waals surface area (Å²) in [5.41, 5.74) is 1.32. The van der Waals surface area contributed by atoms with Crippen LogP contribution in [0.5, 0.6) is 11.5 Å². The van der Waals surface area contributed by atoms with Gasteiger partial charge in [-0.25, -0.2) is 4.39 Å². The molecule has 2 heterocycles. The molecule has 22 heavy (non-hydrogen) atoms. The summed E-state index contributed by atoms with van der Waals surface area (Å²) in [6, 6.07) is 4.89. The molecule has 0 aliphatic carbocycles. The summed E-state index contributed by atoms with van der Waals surface area (Å²) in [5.74, 6) is -0.000288. The van der Waals surface area contributed by atoms with E-state index in [1.807, 2.05) is 12.3 Å². The zero-order valence-electron chi connectivity index (χ0n) is 11.5. The number of ether oxygens (including phenoxy) is 1. The molecule has 0 saturated heterocycles. The zero-order valence-corrected chi connectivity index (χ0v) is 13.9. The summed E-state index contributed by atoms with van der Waals surface area (Å²) < 4.78 is 20.4. The van der Waals surface area contributed by atoms with E-state index in [0.29, 0.717) is 26.3 Å². The number of rotatable bonds is 3. The van der Waals surface area contributed by atoms with E-state index in [1.165, 1.54) is 24.0 Å². The molecule has 0 aliphatic heterocycles. The lowest BCUT2D eigenvalue weighted by atomic mass is 10.2. The van der Waals surface area contributed by atoms with Crippen molar-refractivity contribution in [3.63, 3.8) is 0 Å². The van der Waals surface area contributed by atoms with Gasteiger partial charge in [0.05, 0.1) is 15.7 Å². The number of nitrogens with one attached hydrogen (secondary N) is 2. The van der Waals surface area contributed by atoms with Crippen LogP contribution in [0.2, 0.25) is 0 Å². The van der Waals surface area contributed by atoms with E-state index in [9.17, 15) is 4.39 Å². The number of hydrogen-bond donors (Lipinski definition) is 2. The van der Waals surface area contributed by atoms with Crippen molar-refractivity contribution in [1.82, 2.24) is 9.97 Å². The molecular formula is C15H11BrFN3OS. The maximum atomic E-state index is 14.2. The first-order chi connectivity index (χ1) is 10.6. The highest BCUT2D eigenvalue weighted by atomic mass is 79.9. The van der Waals surface area contributed by atoms with E-state index in [4.69, 9.17) is 10.1 Å². The molecule has 0 saturated carbocycles. The van der Waals surface area contributed by atoms with Crippen LogP contribution in [0.25, 0.3) is 10.9 Å². The normalized spacial score (nSPS) is 10.9. The third-order valence-corrected chi connectivity index (χ3v) is 4.53. The number of H-pyrrole nitrogens is 1. The topological polar surface area (TPSA) is 61.8 Å². The van der Waals surface area contributed by atoms with Gasteiger partial charge in [-0.15, -0.1) is 11.8 Å². The van der Waals surface area contributed by atoms with Gasteiger partial charge in [0.2, 0.25) is 0 Å². The average molecular weight is 380 g/mol. The number of hydrogen-bond acceptors (Lipinski definition) is 4. The van der Waals surface area contributed by atoms with Crippen LogP contribution in [-0.2, 0) is 0 Å². The van der Waals surface area contributed by atoms with Crippen LogP contribution >= 0.6 is 27.7 Å². The fraction of sp³-hybridized carbons (Fsp3) is 0.0667. The van der Waals surface area contributed by atoms with E-state index >= 15 is 0 Å². The second-order valence-electron chi connectivity index (χ2n) is 4.49. The summed E-state index contributed by atoms with van der Waals surface area (Å²) in [6.45, 7) is 0. The molecule has 0 unspecified atom stereocenters. The van der Waals surface area contributed by atoms with Crippen molar-refractivity contribution in [2.45, 2.75) is 0 Å². The molecule has 3 aromatic rings. The van der Waals surface area contributed by atoms with E-state index in [2.05, 4.69) is 25.9 Å². The highest BCUT2D eigenvalue weighted by Gasteiger charge is 2.15. The predicted octanol–water partition coefficient (Wildman–Crippen LogP) is 4.95. The van der Waals surface area contributed by atoms with Crippen molar-refractivity contribution < 1.29 is 9.13 Å². The van der Waals surface area contributed by atoms with Crippen LogP contribution in [0, 0.1) is 11.2 Å². The summed E-state index contributed by atoms with van der Waals surface area (Å²) in [6.07, 6.45) is 6.61. The van der Waals surface area contributed by atoms with Gasteiger partial charge in [0.15, 0.2) is 11.6 Å². The monoisotopic (exact) mass is 379 g/mol. The quantitative estimate of drug-likeness (QED) is 0.500. The zero-order chi connectivity index (χ0) is 15.7. The smallest absolute Gasteiger partial charge is 0.178 e. The van der Waals surface area contributed by atoms with Crippen molar-refractivity contribution in [1.29, 1.82) is 5.41 Å². The van der Waals surface area contributed by atoms with Gasteiger partial charge in [-0.2, -0.15) is 0 Å². The number of aromatic nitrogens is 2. The van der Waals surface area contributed by atoms with Gasteiger partial charge in [-0.3, -0.25) is 10.4 Å². The van der Waals surface area contributed by atoms with E-state index < -0.39 is 5.82 Å². The van der Waals surface area contributed by atoms with Gasteiger partial charge in [0.1, 0.15) is 5.75 Å². The number of thioether (sulfide) groups is 1. The highest BCUT2D eigenvalue weighted by Crippen LogP contribution is 2.38. The maximum Gasteiger partial charge on any atom is 0.178 e. The van der Waals surface area contributed by atoms with Gasteiger partial charge in [-0.1, -0.05) is 0 Å². The lowest BCUT2D eigenvalue weighted by molar-refractivity contribution is 0.439. The van der Waals surface area contributed by atoms with Crippen LogP contribution in [0.3, 0.4) is 0 Å². The van der Waals surface area contributed by atoms with Crippen LogP contribution in [0.15, 0.2) is 41.3 Å². The Labute approximate surface area is 138 Å². The fourth-order valence-electron chi connectivity index (χ4n) is 2.04. The number of benzene rings is 1. The molecule has 0 radical (unpaired) electrons. The summed E-state index contributed by atoms with van der Waals surface area (Å²) >= 11 is 4.68. The number of halogens is 2. The molecule has 0 aliphatic rings. The van der Waals surface area contributed by atoms with Gasteiger partial charge >= 0.3 is 0 Å². The number of nitrogens with zero attached hydrogens (tertiary/aromatic N) is 1. The predicted molar refractivity (Wildman–Crippen MR) is 90.6 cm³/mol. The Morgan fingerprint density at radius 3 is 3.00 bits per heavy atom. The lowest BCUT2D eigenvalue weighted by Crippen LogP contribution is -1.96. The Bertz CT molecular complexity index is 865. The van der Waals surface area contributed by atoms with Crippen LogP contribution in [-0.4, -0.2) is 21.3 Å². The van der Waals surface area contributed by atoms with Crippen LogP contribution in [0.1, 0.15) is 5.56 Å². The Morgan fingerprint density at radius 1 is 1.41 bits per heavy atom. The highest BCUT2D eigenvalue weighted by molar-refractivity contribution is 9.10. The second-order valence-corrected chi connectivity index (χ2v) is 6.09. The molecule has 2 N–H and O–H groups in total. The maximum absolute atomic E-state index is 14.2. The molecule has 0 spiro atoms. The SMILES string of the molecule is CSC(=N)c1cncc(Oc2c(F)cc3[nH]ccc3c2Br)c1. The Kier molecular flexibility index (Phi) is 4.17. The largest absolute Gasteiger partial charge is 0.451 e. The Morgan fingerprint density at radius 2 is 2.23 bits per heavy atom. The van der Waals surface area contributed by atoms with Crippen molar-refractivity contribution >= 4 is 43.6 Å². The molecule has 0 amide bonds. The van der Waals surface area contributed by atoms with Crippen molar-refractivity contribution in [2.75, 3.05) is 6.26 Å². The van der Waals surface area contributed by atoms with Crippen molar-refractivity contribution in [2.24, 2.45) is 0 Å². The van der Waals surface area contributed by atoms with Gasteiger partial charge < -0.3 is 9.72 Å². The standard InChI is InChI=1S/C15H11BrFN3OS/c1-22-15(18)8-4-9(7-19-6-8)21-14-11(17)5-12-10(13(14)16)2-3-20-12/h2-7,18,20H,1H3. The van der Waals surface area contributed by atoms with Crippen LogP contribution < -0.4 is 4.74 Å². The van der Waals surface area contributed by atoms with E-state index in [0.717, 1.165) is 5.39 Å². The third kappa shape index (κ3) is 2.74. The molecule has 0 bridgehead atoms. The molecule has 2 aromatic heterocycles. The molecule has 112 valence electrons. The molecule has 0 fully saturated rings. The van der Waals surface area contributed by atoms with E-state index in [1.54, 1.807) is 18.5 Å². The van der Waals surface area contributed by atoms with Crippen molar-refractivity contribution in [3.8, 4) is 11.5 Å². The third-order valence-electron chi connectivity index (χ3n) is 3.10. The molecule has 3 rings (SSSR count). The lowest BCUT2D eigenvalue weighted by Gasteiger charge is -2.10. The first-order valence-electron chi connectivity index (χ1n) is 6.31. The second kappa shape index (κ2) is 6.10. The van der Waals surface area contributed by atoms with E-state index in [-0.39, 0.29) is 5.75 Å². The summed E-state index contributed by atoms with van der Waals surface area (Å²) in [7, 11) is 0. The minimum Gasteiger partial charge on any atom is -0.451 e. The summed E-state index contributed by atoms with van der Waals surface area (Å²) in [5, 5.41) is 9.01. The molecule has 7 heteroatoms. The van der Waals surface area contributed by atoms with Gasteiger partial charge in [0, 0.05) is 34.9 Å². The molecular weight excluding hydrogens is 369 g/mol. The minimum absolute atomic E-state index is 0.0988. The van der Waals surface area contributed by atoms with Crippen LogP contribution in [0.4, 0.5) is 4.39 Å². The van der Waals surface area contributed by atoms with Gasteiger partial charge in [0.25, 0.3) is 0 Å². The minimum atomic E-state index is -0.479. The Hall–Kier alpha value is -1.86. The number of aromatic amines is 1. The summed E-state index contributed by atoms with van der Waals surface area (Å²) in [4.78, 5) is 6.99. The van der Waals surface area contributed by atoms with Crippen molar-refractivity contribution in [3.05, 3.63) is 52.6 Å². The Balaban J connectivity index is 2.01. The number of fused-ring (bicyclic) bond motifs is 1.